The molecule has 6 heteroatoms. The summed E-state index contributed by atoms with van der Waals surface area (Å²) in [6, 6.07) is 0. The Morgan fingerprint density at radius 1 is 1.14 bits per heavy atom. The summed E-state index contributed by atoms with van der Waals surface area (Å²) in [7, 11) is 3.20. The number of hydrogen-bond acceptors (Lipinski definition) is 5. The Morgan fingerprint density at radius 2 is 1.68 bits per heavy atom. The van der Waals surface area contributed by atoms with Crippen LogP contribution in [0.15, 0.2) is 0 Å². The zero-order chi connectivity index (χ0) is 16.6. The fourth-order valence-corrected chi connectivity index (χ4v) is 3.69. The highest BCUT2D eigenvalue weighted by molar-refractivity contribution is 5.96. The maximum atomic E-state index is 13.2. The summed E-state index contributed by atoms with van der Waals surface area (Å²) < 4.78 is 15.8. The van der Waals surface area contributed by atoms with Crippen LogP contribution in [0.4, 0.5) is 0 Å². The van der Waals surface area contributed by atoms with Gasteiger partial charge in [0, 0.05) is 32.7 Å². The molecule has 0 aromatic rings. The first kappa shape index (κ1) is 17.2. The van der Waals surface area contributed by atoms with Crippen LogP contribution in [0.5, 0.6) is 0 Å². The Hall–Kier alpha value is -1.14. The predicted octanol–water partition coefficient (Wildman–Crippen LogP) is 1.23. The molecule has 0 N–H and O–H groups in total. The number of esters is 1. The molecule has 2 unspecified atom stereocenters. The van der Waals surface area contributed by atoms with E-state index in [1.165, 1.54) is 0 Å². The normalized spacial score (nSPS) is 32.1. The quantitative estimate of drug-likeness (QED) is 0.662. The number of rotatable bonds is 7. The van der Waals surface area contributed by atoms with Crippen LogP contribution < -0.4 is 0 Å². The Bertz CT molecular complexity index is 455. The first-order valence-corrected chi connectivity index (χ1v) is 7.77. The van der Waals surface area contributed by atoms with Crippen molar-refractivity contribution < 1.29 is 23.8 Å². The van der Waals surface area contributed by atoms with Gasteiger partial charge in [0.1, 0.15) is 0 Å². The molecule has 0 spiro atoms. The lowest BCUT2D eigenvalue weighted by atomic mass is 9.66. The lowest BCUT2D eigenvalue weighted by Gasteiger charge is -2.39. The zero-order valence-corrected chi connectivity index (χ0v) is 14.2. The van der Waals surface area contributed by atoms with Crippen LogP contribution in [0.25, 0.3) is 0 Å². The van der Waals surface area contributed by atoms with Crippen LogP contribution >= 0.6 is 0 Å². The van der Waals surface area contributed by atoms with E-state index >= 15 is 0 Å². The van der Waals surface area contributed by atoms with E-state index in [1.807, 2.05) is 20.8 Å². The van der Waals surface area contributed by atoms with Gasteiger partial charge in [-0.05, 0) is 19.8 Å². The molecule has 1 saturated carbocycles. The summed E-state index contributed by atoms with van der Waals surface area (Å²) in [5.41, 5.74) is -2.16. The van der Waals surface area contributed by atoms with E-state index in [0.717, 1.165) is 0 Å². The minimum atomic E-state index is -1.06. The summed E-state index contributed by atoms with van der Waals surface area (Å²) >= 11 is 0. The highest BCUT2D eigenvalue weighted by Gasteiger charge is 2.76. The third-order valence-electron chi connectivity index (χ3n) is 5.85. The molecule has 2 aliphatic rings. The van der Waals surface area contributed by atoms with Gasteiger partial charge in [0.15, 0.2) is 5.60 Å². The van der Waals surface area contributed by atoms with Crippen LogP contribution in [0, 0.1) is 10.8 Å². The lowest BCUT2D eigenvalue weighted by Crippen LogP contribution is -2.56. The summed E-state index contributed by atoms with van der Waals surface area (Å²) in [5, 5.41) is 0. The Kier molecular flexibility index (Phi) is 4.55. The number of hydrogen-bond donors (Lipinski definition) is 0. The molecule has 6 nitrogen and oxygen atoms in total. The number of carbonyl (C=O) groups excluding carboxylic acids is 2. The van der Waals surface area contributed by atoms with Crippen molar-refractivity contribution in [3.05, 3.63) is 0 Å². The van der Waals surface area contributed by atoms with Crippen molar-refractivity contribution in [2.75, 3.05) is 40.5 Å². The van der Waals surface area contributed by atoms with Gasteiger partial charge in [-0.2, -0.15) is 0 Å². The van der Waals surface area contributed by atoms with Gasteiger partial charge in [0.05, 0.1) is 18.6 Å². The topological polar surface area (TPSA) is 65.1 Å². The van der Waals surface area contributed by atoms with Crippen molar-refractivity contribution in [2.24, 2.45) is 10.8 Å². The zero-order valence-electron chi connectivity index (χ0n) is 14.2. The van der Waals surface area contributed by atoms with Crippen LogP contribution in [0.3, 0.4) is 0 Å². The van der Waals surface area contributed by atoms with Crippen molar-refractivity contribution in [2.45, 2.75) is 39.2 Å². The summed E-state index contributed by atoms with van der Waals surface area (Å²) in [5.74, 6) is -0.378. The van der Waals surface area contributed by atoms with Crippen molar-refractivity contribution >= 4 is 11.9 Å². The van der Waals surface area contributed by atoms with Gasteiger partial charge in [-0.3, -0.25) is 9.59 Å². The van der Waals surface area contributed by atoms with Gasteiger partial charge >= 0.3 is 5.97 Å². The molecule has 1 amide bonds. The second kappa shape index (κ2) is 5.81. The van der Waals surface area contributed by atoms with E-state index in [1.54, 1.807) is 19.1 Å². The molecule has 2 fully saturated rings. The van der Waals surface area contributed by atoms with E-state index in [9.17, 15) is 9.59 Å². The Morgan fingerprint density at radius 3 is 2.05 bits per heavy atom. The summed E-state index contributed by atoms with van der Waals surface area (Å²) in [6.45, 7) is 7.65. The largest absolute Gasteiger partial charge is 0.448 e. The maximum Gasteiger partial charge on any atom is 0.313 e. The fourth-order valence-electron chi connectivity index (χ4n) is 3.69. The van der Waals surface area contributed by atoms with Gasteiger partial charge in [0.25, 0.3) is 5.91 Å². The van der Waals surface area contributed by atoms with Gasteiger partial charge in [-0.15, -0.1) is 0 Å². The standard InChI is InChI=1S/C16H27NO5/c1-14(2)15(3)6-7-16(14,22-13(15)19)12(18)17(8-10-20-4)9-11-21-5/h6-11H2,1-5H3. The van der Waals surface area contributed by atoms with Crippen LogP contribution in [0.2, 0.25) is 0 Å². The molecule has 1 aliphatic heterocycles. The third-order valence-corrected chi connectivity index (χ3v) is 5.85. The van der Waals surface area contributed by atoms with Gasteiger partial charge in [-0.25, -0.2) is 0 Å². The second-order valence-corrected chi connectivity index (χ2v) is 6.95. The molecular formula is C16H27NO5. The smallest absolute Gasteiger partial charge is 0.313 e. The fraction of sp³-hybridized carbons (Fsp3) is 0.875. The van der Waals surface area contributed by atoms with Crippen LogP contribution in [0.1, 0.15) is 33.6 Å². The molecule has 0 aromatic carbocycles. The highest BCUT2D eigenvalue weighted by atomic mass is 16.6. The molecule has 1 aliphatic carbocycles. The average molecular weight is 313 g/mol. The predicted molar refractivity (Wildman–Crippen MR) is 80.3 cm³/mol. The van der Waals surface area contributed by atoms with Crippen molar-refractivity contribution in [1.82, 2.24) is 4.90 Å². The molecule has 1 saturated heterocycles. The minimum absolute atomic E-state index is 0.124. The molecule has 126 valence electrons. The minimum Gasteiger partial charge on any atom is -0.448 e. The summed E-state index contributed by atoms with van der Waals surface area (Å²) in [6.07, 6.45) is 1.27. The molecular weight excluding hydrogens is 286 g/mol. The monoisotopic (exact) mass is 313 g/mol. The third kappa shape index (κ3) is 2.15. The second-order valence-electron chi connectivity index (χ2n) is 6.95. The molecule has 1 heterocycles. The molecule has 2 atom stereocenters. The first-order valence-electron chi connectivity index (χ1n) is 7.77. The Balaban J connectivity index is 2.27. The summed E-state index contributed by atoms with van der Waals surface area (Å²) in [4.78, 5) is 27.2. The van der Waals surface area contributed by atoms with Gasteiger partial charge < -0.3 is 19.1 Å². The van der Waals surface area contributed by atoms with Gasteiger partial charge in [-0.1, -0.05) is 13.8 Å². The molecule has 0 aromatic heterocycles. The first-order chi connectivity index (χ1) is 10.3. The number of amides is 1. The van der Waals surface area contributed by atoms with Crippen LogP contribution in [-0.4, -0.2) is 62.9 Å². The number of fused-ring (bicyclic) bond motifs is 2. The van der Waals surface area contributed by atoms with Crippen molar-refractivity contribution in [3.8, 4) is 0 Å². The van der Waals surface area contributed by atoms with Gasteiger partial charge in [0.2, 0.25) is 0 Å². The van der Waals surface area contributed by atoms with Crippen molar-refractivity contribution in [3.63, 3.8) is 0 Å². The molecule has 22 heavy (non-hydrogen) atoms. The lowest BCUT2D eigenvalue weighted by molar-refractivity contribution is -0.174. The van der Waals surface area contributed by atoms with E-state index < -0.39 is 16.4 Å². The van der Waals surface area contributed by atoms with E-state index in [2.05, 4.69) is 0 Å². The van der Waals surface area contributed by atoms with Crippen LogP contribution in [-0.2, 0) is 23.8 Å². The van der Waals surface area contributed by atoms with E-state index in [0.29, 0.717) is 39.1 Å². The molecule has 0 radical (unpaired) electrons. The maximum absolute atomic E-state index is 13.2. The Labute approximate surface area is 132 Å². The SMILES string of the molecule is COCCN(CCOC)C(=O)C12CCC(C)(C(=O)O1)C2(C)C. The number of carbonyl (C=O) groups is 2. The molecule has 2 rings (SSSR count). The van der Waals surface area contributed by atoms with Crippen molar-refractivity contribution in [1.29, 1.82) is 0 Å². The van der Waals surface area contributed by atoms with E-state index in [-0.39, 0.29) is 11.9 Å². The highest BCUT2D eigenvalue weighted by Crippen LogP contribution is 2.65. The van der Waals surface area contributed by atoms with E-state index in [4.69, 9.17) is 14.2 Å². The number of nitrogens with zero attached hydrogens (tertiary/aromatic N) is 1. The average Bonchev–Trinajstić information content (AvgIpc) is 2.77. The number of methoxy groups -OCH3 is 2. The number of ether oxygens (including phenoxy) is 3. The molecule has 2 bridgehead atoms.